The van der Waals surface area contributed by atoms with Crippen LogP contribution >= 0.6 is 0 Å². The Balaban J connectivity index is 2.41. The summed E-state index contributed by atoms with van der Waals surface area (Å²) in [7, 11) is 0. The number of amides is 1. The Hall–Kier alpha value is -2.57. The first-order chi connectivity index (χ1) is 9.31. The molecule has 1 aliphatic rings. The Labute approximate surface area is 114 Å². The number of aromatic hydroxyl groups is 1. The molecule has 0 unspecified atom stereocenters. The van der Waals surface area contributed by atoms with Crippen molar-refractivity contribution in [3.63, 3.8) is 0 Å². The fourth-order valence-corrected chi connectivity index (χ4v) is 2.20. The van der Waals surface area contributed by atoms with Crippen LogP contribution < -0.4 is 4.90 Å². The van der Waals surface area contributed by atoms with Crippen LogP contribution in [-0.2, 0) is 9.59 Å². The van der Waals surface area contributed by atoms with Gasteiger partial charge < -0.3 is 20.2 Å². The van der Waals surface area contributed by atoms with Gasteiger partial charge in [-0.1, -0.05) is 0 Å². The molecule has 3 N–H and O–H groups in total. The van der Waals surface area contributed by atoms with E-state index in [-0.39, 0.29) is 35.9 Å². The molecule has 1 aromatic carbocycles. The number of anilines is 1. The number of carbonyl (C=O) groups is 3. The summed E-state index contributed by atoms with van der Waals surface area (Å²) in [6, 6.07) is 2.64. The molecular weight excluding hydrogens is 266 g/mol. The van der Waals surface area contributed by atoms with Crippen molar-refractivity contribution < 1.29 is 29.7 Å². The number of aryl methyl sites for hydroxylation is 1. The van der Waals surface area contributed by atoms with Crippen LogP contribution in [0.1, 0.15) is 22.3 Å². The van der Waals surface area contributed by atoms with Crippen molar-refractivity contribution in [2.45, 2.75) is 13.3 Å². The first kappa shape index (κ1) is 13.9. The minimum absolute atomic E-state index is 0.00254. The third kappa shape index (κ3) is 2.29. The minimum atomic E-state index is -1.31. The van der Waals surface area contributed by atoms with Crippen LogP contribution in [0, 0.1) is 12.8 Å². The molecule has 1 fully saturated rings. The maximum absolute atomic E-state index is 11.8. The average molecular weight is 279 g/mol. The van der Waals surface area contributed by atoms with E-state index in [4.69, 9.17) is 10.2 Å². The molecule has 0 bridgehead atoms. The van der Waals surface area contributed by atoms with Crippen LogP contribution in [0.4, 0.5) is 5.69 Å². The summed E-state index contributed by atoms with van der Waals surface area (Å²) >= 11 is 0. The largest absolute Gasteiger partial charge is 0.507 e. The third-order valence-corrected chi connectivity index (χ3v) is 3.30. The van der Waals surface area contributed by atoms with Gasteiger partial charge in [-0.15, -0.1) is 0 Å². The molecule has 1 saturated heterocycles. The van der Waals surface area contributed by atoms with Crippen LogP contribution in [0.15, 0.2) is 12.1 Å². The lowest BCUT2D eigenvalue weighted by Crippen LogP contribution is -2.26. The zero-order chi connectivity index (χ0) is 15.0. The summed E-state index contributed by atoms with van der Waals surface area (Å²) in [6.07, 6.45) is -0.113. The molecule has 7 nitrogen and oxygen atoms in total. The highest BCUT2D eigenvalue weighted by Crippen LogP contribution is 2.32. The van der Waals surface area contributed by atoms with Crippen molar-refractivity contribution >= 4 is 23.5 Å². The number of carboxylic acids is 2. The number of carboxylic acid groups (broad SMARTS) is 2. The van der Waals surface area contributed by atoms with Gasteiger partial charge in [0.25, 0.3) is 0 Å². The van der Waals surface area contributed by atoms with E-state index in [2.05, 4.69) is 0 Å². The molecular formula is C13H13NO6. The molecule has 0 aliphatic carbocycles. The number of hydrogen-bond acceptors (Lipinski definition) is 4. The van der Waals surface area contributed by atoms with E-state index >= 15 is 0 Å². The molecule has 1 aliphatic heterocycles. The molecule has 1 aromatic rings. The predicted molar refractivity (Wildman–Crippen MR) is 67.9 cm³/mol. The predicted octanol–water partition coefficient (Wildman–Crippen LogP) is 0.836. The minimum Gasteiger partial charge on any atom is -0.507 e. The number of nitrogens with zero attached hydrogens (tertiary/aromatic N) is 1. The van der Waals surface area contributed by atoms with Crippen LogP contribution in [0.25, 0.3) is 0 Å². The lowest BCUT2D eigenvalue weighted by Gasteiger charge is -2.18. The van der Waals surface area contributed by atoms with Gasteiger partial charge in [0.1, 0.15) is 11.3 Å². The maximum Gasteiger partial charge on any atom is 0.339 e. The van der Waals surface area contributed by atoms with Crippen LogP contribution in [0.2, 0.25) is 0 Å². The molecule has 20 heavy (non-hydrogen) atoms. The number of aromatic carboxylic acids is 1. The Morgan fingerprint density at radius 1 is 1.30 bits per heavy atom. The number of rotatable bonds is 3. The quantitative estimate of drug-likeness (QED) is 0.755. The van der Waals surface area contributed by atoms with Gasteiger partial charge >= 0.3 is 11.9 Å². The van der Waals surface area contributed by atoms with E-state index in [1.165, 1.54) is 24.0 Å². The van der Waals surface area contributed by atoms with E-state index in [1.54, 1.807) is 0 Å². The second-order valence-corrected chi connectivity index (χ2v) is 4.71. The van der Waals surface area contributed by atoms with Gasteiger partial charge in [0.15, 0.2) is 0 Å². The normalized spacial score (nSPS) is 18.4. The fraction of sp³-hybridized carbons (Fsp3) is 0.308. The Bertz CT molecular complexity index is 609. The van der Waals surface area contributed by atoms with Gasteiger partial charge in [0, 0.05) is 18.7 Å². The summed E-state index contributed by atoms with van der Waals surface area (Å²) < 4.78 is 0. The fourth-order valence-electron chi connectivity index (χ4n) is 2.20. The highest BCUT2D eigenvalue weighted by atomic mass is 16.4. The van der Waals surface area contributed by atoms with Gasteiger partial charge in [0.05, 0.1) is 5.92 Å². The topological polar surface area (TPSA) is 115 Å². The molecule has 0 radical (unpaired) electrons. The first-order valence-corrected chi connectivity index (χ1v) is 5.91. The molecule has 106 valence electrons. The molecule has 7 heteroatoms. The number of benzene rings is 1. The molecule has 1 amide bonds. The van der Waals surface area contributed by atoms with E-state index in [0.29, 0.717) is 5.56 Å². The van der Waals surface area contributed by atoms with E-state index < -0.39 is 17.9 Å². The summed E-state index contributed by atoms with van der Waals surface area (Å²) in [4.78, 5) is 35.0. The molecule has 0 aromatic heterocycles. The van der Waals surface area contributed by atoms with Crippen molar-refractivity contribution in [3.05, 3.63) is 23.3 Å². The van der Waals surface area contributed by atoms with Crippen molar-refractivity contribution in [1.82, 2.24) is 0 Å². The van der Waals surface area contributed by atoms with Crippen LogP contribution in [0.5, 0.6) is 5.75 Å². The van der Waals surface area contributed by atoms with Crippen molar-refractivity contribution in [1.29, 1.82) is 0 Å². The number of phenols is 1. The monoisotopic (exact) mass is 279 g/mol. The lowest BCUT2D eigenvalue weighted by atomic mass is 10.1. The Morgan fingerprint density at radius 3 is 2.45 bits per heavy atom. The Morgan fingerprint density at radius 2 is 1.95 bits per heavy atom. The molecule has 0 saturated carbocycles. The highest BCUT2D eigenvalue weighted by Gasteiger charge is 2.35. The first-order valence-electron chi connectivity index (χ1n) is 5.91. The van der Waals surface area contributed by atoms with Gasteiger partial charge in [-0.2, -0.15) is 0 Å². The van der Waals surface area contributed by atoms with Gasteiger partial charge in [0.2, 0.25) is 5.91 Å². The zero-order valence-electron chi connectivity index (χ0n) is 10.7. The average Bonchev–Trinajstić information content (AvgIpc) is 2.74. The summed E-state index contributed by atoms with van der Waals surface area (Å²) in [5.41, 5.74) is 0.282. The zero-order valence-corrected chi connectivity index (χ0v) is 10.7. The molecule has 1 atom stereocenters. The number of hydrogen-bond donors (Lipinski definition) is 3. The van der Waals surface area contributed by atoms with Crippen molar-refractivity contribution in [3.8, 4) is 5.75 Å². The van der Waals surface area contributed by atoms with E-state index in [9.17, 15) is 19.5 Å². The summed E-state index contributed by atoms with van der Waals surface area (Å²) in [5, 5.41) is 27.6. The van der Waals surface area contributed by atoms with Gasteiger partial charge in [-0.25, -0.2) is 4.79 Å². The number of aliphatic carboxylic acids is 1. The van der Waals surface area contributed by atoms with Crippen molar-refractivity contribution in [2.75, 3.05) is 11.4 Å². The highest BCUT2D eigenvalue weighted by molar-refractivity contribution is 6.01. The van der Waals surface area contributed by atoms with E-state index in [0.717, 1.165) is 0 Å². The lowest BCUT2D eigenvalue weighted by molar-refractivity contribution is -0.141. The third-order valence-electron chi connectivity index (χ3n) is 3.30. The molecule has 2 rings (SSSR count). The Kier molecular flexibility index (Phi) is 3.35. The van der Waals surface area contributed by atoms with Crippen molar-refractivity contribution in [2.24, 2.45) is 5.92 Å². The SMILES string of the molecule is Cc1cc(N2C[C@@H](C(=O)O)CC2=O)cc(C(=O)O)c1O. The summed E-state index contributed by atoms with van der Waals surface area (Å²) in [6.45, 7) is 1.51. The second-order valence-electron chi connectivity index (χ2n) is 4.71. The standard InChI is InChI=1S/C13H13NO6/c1-6-2-8(4-9(11(6)16)13(19)20)14-5-7(12(17)18)3-10(14)15/h2,4,7,16H,3,5H2,1H3,(H,17,18)(H,19,20)/t7-/m0/s1. The van der Waals surface area contributed by atoms with Crippen LogP contribution in [-0.4, -0.2) is 39.7 Å². The van der Waals surface area contributed by atoms with Crippen LogP contribution in [0.3, 0.4) is 0 Å². The smallest absolute Gasteiger partial charge is 0.339 e. The van der Waals surface area contributed by atoms with Gasteiger partial charge in [-0.3, -0.25) is 9.59 Å². The maximum atomic E-state index is 11.8. The molecule has 1 heterocycles. The molecule has 0 spiro atoms. The summed E-state index contributed by atoms with van der Waals surface area (Å²) in [5.74, 6) is -3.91. The second kappa shape index (κ2) is 4.84. The van der Waals surface area contributed by atoms with Gasteiger partial charge in [-0.05, 0) is 24.6 Å². The van der Waals surface area contributed by atoms with E-state index in [1.807, 2.05) is 0 Å². The number of carbonyl (C=O) groups excluding carboxylic acids is 1.